The Bertz CT molecular complexity index is 750. The van der Waals surface area contributed by atoms with Crippen molar-refractivity contribution in [1.82, 2.24) is 19.5 Å². The third-order valence-corrected chi connectivity index (χ3v) is 3.01. The molecule has 0 aliphatic rings. The van der Waals surface area contributed by atoms with Crippen molar-refractivity contribution in [2.45, 2.75) is 26.7 Å². The summed E-state index contributed by atoms with van der Waals surface area (Å²) in [7, 11) is 0. The Morgan fingerprint density at radius 1 is 1.29 bits per heavy atom. The Hall–Kier alpha value is -2.46. The first-order valence-electron chi connectivity index (χ1n) is 6.96. The highest BCUT2D eigenvalue weighted by atomic mass is 35.5. The van der Waals surface area contributed by atoms with Gasteiger partial charge < -0.3 is 19.9 Å². The van der Waals surface area contributed by atoms with Crippen molar-refractivity contribution in [3.8, 4) is 0 Å². The second kappa shape index (κ2) is 7.88. The number of rotatable bonds is 7. The number of carbonyl (C=O) groups is 2. The van der Waals surface area contributed by atoms with Crippen molar-refractivity contribution in [3.05, 3.63) is 11.5 Å². The molecule has 0 saturated heterocycles. The minimum atomic E-state index is -1.12. The number of imidazole rings is 1. The minimum absolute atomic E-state index is 0.0503. The largest absolute Gasteiger partial charge is 0.466 e. The first-order valence-corrected chi connectivity index (χ1v) is 7.34. The molecule has 0 spiro atoms. The summed E-state index contributed by atoms with van der Waals surface area (Å²) in [5, 5.41) is 0.0766. The van der Waals surface area contributed by atoms with Crippen LogP contribution in [0.5, 0.6) is 0 Å². The number of aromatic nitrogens is 4. The molecule has 2 aromatic heterocycles. The monoisotopic (exact) mass is 357 g/mol. The van der Waals surface area contributed by atoms with Crippen molar-refractivity contribution < 1.29 is 23.8 Å². The fraction of sp³-hybridized carbons (Fsp3) is 0.462. The van der Waals surface area contributed by atoms with Crippen LogP contribution in [0.4, 0.5) is 5.95 Å². The molecule has 0 fully saturated rings. The zero-order valence-corrected chi connectivity index (χ0v) is 13.8. The number of halogens is 1. The lowest BCUT2D eigenvalue weighted by Crippen LogP contribution is -2.20. The van der Waals surface area contributed by atoms with Crippen LogP contribution in [0, 0.1) is 0 Å². The van der Waals surface area contributed by atoms with Crippen molar-refractivity contribution in [3.63, 3.8) is 0 Å². The Morgan fingerprint density at radius 2 is 2.04 bits per heavy atom. The summed E-state index contributed by atoms with van der Waals surface area (Å²) in [6, 6.07) is 0. The first-order chi connectivity index (χ1) is 11.4. The highest BCUT2D eigenvalue weighted by Gasteiger charge is 2.20. The van der Waals surface area contributed by atoms with Crippen LogP contribution in [0.3, 0.4) is 0 Å². The maximum absolute atomic E-state index is 11.3. The van der Waals surface area contributed by atoms with Gasteiger partial charge in [-0.15, -0.1) is 0 Å². The summed E-state index contributed by atoms with van der Waals surface area (Å²) in [4.78, 5) is 33.9. The highest BCUT2D eigenvalue weighted by molar-refractivity contribution is 6.33. The molecule has 11 heteroatoms. The number of hydrogen-bond acceptors (Lipinski definition) is 9. The van der Waals surface area contributed by atoms with Crippen LogP contribution in [-0.2, 0) is 23.8 Å². The van der Waals surface area contributed by atoms with Gasteiger partial charge in [0.25, 0.3) is 6.41 Å². The maximum atomic E-state index is 11.3. The normalized spacial score (nSPS) is 12.1. The predicted octanol–water partition coefficient (Wildman–Crippen LogP) is 1.05. The van der Waals surface area contributed by atoms with Gasteiger partial charge in [0.05, 0.1) is 13.2 Å². The number of ether oxygens (including phenoxy) is 3. The molecule has 0 aliphatic carbocycles. The number of carbonyl (C=O) groups excluding carboxylic acids is 2. The highest BCUT2D eigenvalue weighted by Crippen LogP contribution is 2.23. The van der Waals surface area contributed by atoms with E-state index in [9.17, 15) is 9.59 Å². The van der Waals surface area contributed by atoms with E-state index in [4.69, 9.17) is 31.5 Å². The molecule has 0 bridgehead atoms. The molecule has 0 aliphatic heterocycles. The smallest absolute Gasteiger partial charge is 0.306 e. The lowest BCUT2D eigenvalue weighted by atomic mass is 10.5. The van der Waals surface area contributed by atoms with E-state index in [1.165, 1.54) is 24.7 Å². The SMILES string of the molecule is CC(=O)OCCCOC(OC(C)=O)n1cnc2c(Cl)nc(N)nc21. The van der Waals surface area contributed by atoms with E-state index in [1.807, 2.05) is 0 Å². The molecular weight excluding hydrogens is 342 g/mol. The third kappa shape index (κ3) is 4.52. The van der Waals surface area contributed by atoms with E-state index < -0.39 is 12.4 Å². The number of nitrogens with two attached hydrogens (primary N) is 1. The second-order valence-electron chi connectivity index (χ2n) is 4.68. The Kier molecular flexibility index (Phi) is 5.88. The molecule has 0 amide bonds. The van der Waals surface area contributed by atoms with E-state index >= 15 is 0 Å². The predicted molar refractivity (Wildman–Crippen MR) is 82.8 cm³/mol. The molecule has 2 N–H and O–H groups in total. The summed E-state index contributed by atoms with van der Waals surface area (Å²) in [5.41, 5.74) is 6.14. The first kappa shape index (κ1) is 17.9. The van der Waals surface area contributed by atoms with Gasteiger partial charge in [-0.2, -0.15) is 9.97 Å². The van der Waals surface area contributed by atoms with E-state index in [0.717, 1.165) is 0 Å². The van der Waals surface area contributed by atoms with E-state index in [1.54, 1.807) is 0 Å². The fourth-order valence-electron chi connectivity index (χ4n) is 1.82. The number of nitrogen functional groups attached to an aromatic ring is 1. The molecule has 10 nitrogen and oxygen atoms in total. The molecule has 0 saturated carbocycles. The van der Waals surface area contributed by atoms with Crippen LogP contribution >= 0.6 is 11.6 Å². The summed E-state index contributed by atoms with van der Waals surface area (Å²) in [6.45, 7) is 2.91. The van der Waals surface area contributed by atoms with E-state index in [0.29, 0.717) is 11.9 Å². The average molecular weight is 358 g/mol. The summed E-state index contributed by atoms with van der Waals surface area (Å²) < 4.78 is 16.8. The van der Waals surface area contributed by atoms with Gasteiger partial charge >= 0.3 is 11.9 Å². The minimum Gasteiger partial charge on any atom is -0.466 e. The van der Waals surface area contributed by atoms with Crippen LogP contribution in [0.1, 0.15) is 26.7 Å². The molecular formula is C13H16ClN5O5. The third-order valence-electron chi connectivity index (χ3n) is 2.74. The van der Waals surface area contributed by atoms with Crippen molar-refractivity contribution >= 4 is 40.7 Å². The summed E-state index contributed by atoms with van der Waals surface area (Å²) >= 11 is 5.96. The Morgan fingerprint density at radius 3 is 2.71 bits per heavy atom. The van der Waals surface area contributed by atoms with E-state index in [-0.39, 0.29) is 35.9 Å². The van der Waals surface area contributed by atoms with Gasteiger partial charge in [-0.3, -0.25) is 14.2 Å². The van der Waals surface area contributed by atoms with Crippen LogP contribution in [0.25, 0.3) is 11.2 Å². The topological polar surface area (TPSA) is 131 Å². The van der Waals surface area contributed by atoms with Gasteiger partial charge in [-0.25, -0.2) is 4.98 Å². The van der Waals surface area contributed by atoms with Crippen LogP contribution in [0.2, 0.25) is 5.15 Å². The van der Waals surface area contributed by atoms with Crippen molar-refractivity contribution in [2.75, 3.05) is 18.9 Å². The standard InChI is InChI=1S/C13H16ClN5O5/c1-7(20)22-4-3-5-23-13(24-8(2)21)19-6-16-9-10(14)17-12(15)18-11(9)19/h6,13H,3-5H2,1-2H3,(H2,15,17,18). The number of hydrogen-bond donors (Lipinski definition) is 1. The van der Waals surface area contributed by atoms with Gasteiger partial charge in [0, 0.05) is 20.3 Å². The fourth-order valence-corrected chi connectivity index (χ4v) is 2.04. The van der Waals surface area contributed by atoms with Gasteiger partial charge in [0.15, 0.2) is 10.8 Å². The van der Waals surface area contributed by atoms with E-state index in [2.05, 4.69) is 15.0 Å². The zero-order chi connectivity index (χ0) is 17.7. The average Bonchev–Trinajstić information content (AvgIpc) is 2.88. The van der Waals surface area contributed by atoms with Crippen LogP contribution in [0.15, 0.2) is 6.33 Å². The van der Waals surface area contributed by atoms with Gasteiger partial charge in [0.1, 0.15) is 11.8 Å². The van der Waals surface area contributed by atoms with Crippen LogP contribution in [-0.4, -0.2) is 44.7 Å². The number of anilines is 1. The molecule has 1 atom stereocenters. The molecule has 2 heterocycles. The Labute approximate surface area is 141 Å². The summed E-state index contributed by atoms with van der Waals surface area (Å²) in [5.74, 6) is -0.991. The van der Waals surface area contributed by atoms with Crippen molar-refractivity contribution in [1.29, 1.82) is 0 Å². The molecule has 1 unspecified atom stereocenters. The van der Waals surface area contributed by atoms with Gasteiger partial charge in [0.2, 0.25) is 5.95 Å². The lowest BCUT2D eigenvalue weighted by molar-refractivity contribution is -0.199. The second-order valence-corrected chi connectivity index (χ2v) is 5.04. The molecule has 24 heavy (non-hydrogen) atoms. The molecule has 0 radical (unpaired) electrons. The molecule has 130 valence electrons. The van der Waals surface area contributed by atoms with Crippen molar-refractivity contribution in [2.24, 2.45) is 0 Å². The summed E-state index contributed by atoms with van der Waals surface area (Å²) in [6.07, 6.45) is 0.654. The maximum Gasteiger partial charge on any atom is 0.306 e. The van der Waals surface area contributed by atoms with Gasteiger partial charge in [-0.05, 0) is 0 Å². The van der Waals surface area contributed by atoms with Gasteiger partial charge in [-0.1, -0.05) is 11.6 Å². The molecule has 2 aromatic rings. The quantitative estimate of drug-likeness (QED) is 0.334. The number of fused-ring (bicyclic) bond motifs is 1. The lowest BCUT2D eigenvalue weighted by Gasteiger charge is -2.19. The zero-order valence-electron chi connectivity index (χ0n) is 13.1. The number of esters is 2. The Balaban J connectivity index is 2.15. The van der Waals surface area contributed by atoms with Crippen LogP contribution < -0.4 is 5.73 Å². The number of nitrogens with zero attached hydrogens (tertiary/aromatic N) is 4. The molecule has 0 aromatic carbocycles. The molecule has 2 rings (SSSR count).